The lowest BCUT2D eigenvalue weighted by molar-refractivity contribution is -0.220. The highest BCUT2D eigenvalue weighted by molar-refractivity contribution is 7.47. The van der Waals surface area contributed by atoms with E-state index in [1.165, 1.54) is 102 Å². The van der Waals surface area contributed by atoms with Gasteiger partial charge in [-0.15, -0.1) is 0 Å². The Morgan fingerprint density at radius 2 is 1.03 bits per heavy atom. The number of carbonyl (C=O) groups is 1. The van der Waals surface area contributed by atoms with Crippen molar-refractivity contribution in [3.05, 3.63) is 48.6 Å². The van der Waals surface area contributed by atoms with Gasteiger partial charge in [0, 0.05) is 0 Å². The maximum Gasteiger partial charge on any atom is 0.472 e. The SMILES string of the molecule is CCC/C=C/CC/C=C/C(O)C(COP(=O)(O)OC1C(O)C(O)C(O)C(O)C1O)NC(=O)CC(O)CCCCCCCCCCC/C=C\C/C=C\CCCCCCCCCCC. The number of hydrogen-bond donors (Lipinski definition) is 9. The second kappa shape index (κ2) is 37.5. The van der Waals surface area contributed by atoms with Crippen LogP contribution >= 0.6 is 7.82 Å². The van der Waals surface area contributed by atoms with Crippen LogP contribution in [0.2, 0.25) is 0 Å². The molecule has 0 aliphatic heterocycles. The van der Waals surface area contributed by atoms with Crippen LogP contribution < -0.4 is 5.32 Å². The number of carbonyl (C=O) groups excluding carboxylic acids is 1. The minimum Gasteiger partial charge on any atom is -0.393 e. The van der Waals surface area contributed by atoms with E-state index in [4.69, 9.17) is 9.05 Å². The molecule has 1 rings (SSSR count). The van der Waals surface area contributed by atoms with Crippen LogP contribution in [0.1, 0.15) is 187 Å². The number of allylic oxidation sites excluding steroid dienone is 7. The number of unbranched alkanes of at least 4 members (excludes halogenated alkanes) is 20. The Hall–Kier alpha value is -1.74. The first kappa shape index (κ1) is 58.3. The number of aliphatic hydroxyl groups is 7. The zero-order chi connectivity index (χ0) is 45.9. The van der Waals surface area contributed by atoms with Gasteiger partial charge < -0.3 is 46.0 Å². The number of amides is 1. The van der Waals surface area contributed by atoms with Crippen LogP contribution in [0.25, 0.3) is 0 Å². The van der Waals surface area contributed by atoms with E-state index in [-0.39, 0.29) is 6.42 Å². The van der Waals surface area contributed by atoms with E-state index in [1.807, 2.05) is 6.08 Å². The fourth-order valence-corrected chi connectivity index (χ4v) is 8.38. The van der Waals surface area contributed by atoms with Crippen molar-refractivity contribution in [3.8, 4) is 0 Å². The molecule has 1 saturated carbocycles. The zero-order valence-corrected chi connectivity index (χ0v) is 39.2. The van der Waals surface area contributed by atoms with E-state index in [1.54, 1.807) is 6.08 Å². The molecule has 1 amide bonds. The van der Waals surface area contributed by atoms with Crippen molar-refractivity contribution < 1.29 is 59.0 Å². The monoisotopic (exact) mass is 902 g/mol. The summed E-state index contributed by atoms with van der Waals surface area (Å²) in [5.41, 5.74) is 0. The second-order valence-electron chi connectivity index (χ2n) is 17.1. The quantitative estimate of drug-likeness (QED) is 0.0161. The van der Waals surface area contributed by atoms with Crippen LogP contribution in [0.3, 0.4) is 0 Å². The van der Waals surface area contributed by atoms with Crippen molar-refractivity contribution in [2.24, 2.45) is 0 Å². The molecule has 8 atom stereocenters. The molecular weight excluding hydrogens is 813 g/mol. The smallest absolute Gasteiger partial charge is 0.393 e. The van der Waals surface area contributed by atoms with Crippen LogP contribution in [0, 0.1) is 0 Å². The minimum absolute atomic E-state index is 0.258. The summed E-state index contributed by atoms with van der Waals surface area (Å²) in [7, 11) is -5.14. The lowest BCUT2D eigenvalue weighted by Gasteiger charge is -2.41. The molecule has 0 saturated heterocycles. The topological polar surface area (TPSA) is 226 Å². The molecule has 1 fully saturated rings. The predicted molar refractivity (Wildman–Crippen MR) is 247 cm³/mol. The van der Waals surface area contributed by atoms with Gasteiger partial charge in [0.1, 0.15) is 36.6 Å². The van der Waals surface area contributed by atoms with Crippen LogP contribution in [-0.4, -0.2) is 108 Å². The molecule has 1 aliphatic rings. The zero-order valence-electron chi connectivity index (χ0n) is 38.3. The fourth-order valence-electron chi connectivity index (χ4n) is 7.41. The summed E-state index contributed by atoms with van der Waals surface area (Å²) in [6, 6.07) is -1.26. The summed E-state index contributed by atoms with van der Waals surface area (Å²) in [6.07, 6.45) is 31.3. The Labute approximate surface area is 374 Å². The molecule has 0 radical (unpaired) electrons. The van der Waals surface area contributed by atoms with Gasteiger partial charge >= 0.3 is 7.82 Å². The largest absolute Gasteiger partial charge is 0.472 e. The fraction of sp³-hybridized carbons (Fsp3) is 0.812. The first-order chi connectivity index (χ1) is 29.8. The molecule has 9 N–H and O–H groups in total. The van der Waals surface area contributed by atoms with Crippen LogP contribution in [0.5, 0.6) is 0 Å². The third-order valence-electron chi connectivity index (χ3n) is 11.4. The molecule has 0 aromatic heterocycles. The molecule has 14 heteroatoms. The summed E-state index contributed by atoms with van der Waals surface area (Å²) >= 11 is 0. The van der Waals surface area contributed by atoms with Crippen molar-refractivity contribution in [3.63, 3.8) is 0 Å². The van der Waals surface area contributed by atoms with Crippen molar-refractivity contribution >= 4 is 13.7 Å². The molecule has 0 spiro atoms. The highest BCUT2D eigenvalue weighted by Crippen LogP contribution is 2.47. The number of phosphoric ester groups is 1. The standard InChI is InChI=1S/C48H88NO12P/c1-3-5-7-9-11-12-13-14-15-16-17-18-19-20-21-22-23-24-25-26-27-28-30-31-33-35-39(50)37-42(52)49-40(41(51)36-34-32-29-10-8-6-4-2)38-60-62(58,59)61-48-46(56)44(54)43(53)45(55)47(48)57/h8,10,17-18,20-21,34,36,39-41,43-48,50-51,53-57H,3-7,9,11-16,19,22-33,35,37-38H2,1-2H3,(H,49,52)(H,58,59)/b10-8+,18-17-,21-20-,36-34+. The number of hydrogen-bond acceptors (Lipinski definition) is 11. The van der Waals surface area contributed by atoms with Gasteiger partial charge in [0.2, 0.25) is 5.91 Å². The van der Waals surface area contributed by atoms with Gasteiger partial charge in [-0.3, -0.25) is 13.8 Å². The average molecular weight is 902 g/mol. The molecule has 0 bridgehead atoms. The van der Waals surface area contributed by atoms with Crippen molar-refractivity contribution in [1.29, 1.82) is 0 Å². The molecule has 8 unspecified atom stereocenters. The third kappa shape index (κ3) is 28.9. The normalized spacial score (nSPS) is 23.5. The van der Waals surface area contributed by atoms with Gasteiger partial charge in [0.05, 0.1) is 31.3 Å². The number of nitrogens with one attached hydrogen (secondary N) is 1. The predicted octanol–water partition coefficient (Wildman–Crippen LogP) is 8.31. The maximum absolute atomic E-state index is 12.9. The van der Waals surface area contributed by atoms with Crippen LogP contribution in [-0.2, 0) is 18.4 Å². The molecule has 13 nitrogen and oxygen atoms in total. The van der Waals surface area contributed by atoms with Gasteiger partial charge in [-0.2, -0.15) is 0 Å². The molecule has 1 aliphatic carbocycles. The van der Waals surface area contributed by atoms with Crippen molar-refractivity contribution in [1.82, 2.24) is 5.32 Å². The average Bonchev–Trinajstić information content (AvgIpc) is 3.24. The number of rotatable bonds is 39. The lowest BCUT2D eigenvalue weighted by atomic mass is 9.85. The van der Waals surface area contributed by atoms with Crippen LogP contribution in [0.4, 0.5) is 0 Å². The van der Waals surface area contributed by atoms with Crippen molar-refractivity contribution in [2.45, 2.75) is 242 Å². The first-order valence-electron chi connectivity index (χ1n) is 24.2. The van der Waals surface area contributed by atoms with Gasteiger partial charge in [0.25, 0.3) is 0 Å². The highest BCUT2D eigenvalue weighted by Gasteiger charge is 2.51. The third-order valence-corrected chi connectivity index (χ3v) is 12.4. The second-order valence-corrected chi connectivity index (χ2v) is 18.5. The first-order valence-corrected chi connectivity index (χ1v) is 25.7. The summed E-state index contributed by atoms with van der Waals surface area (Å²) in [6.45, 7) is 3.59. The van der Waals surface area contributed by atoms with Gasteiger partial charge in [0.15, 0.2) is 0 Å². The number of aliphatic hydroxyl groups excluding tert-OH is 7. The van der Waals surface area contributed by atoms with Gasteiger partial charge in [-0.1, -0.05) is 172 Å². The molecule has 0 aromatic carbocycles. The van der Waals surface area contributed by atoms with E-state index in [9.17, 15) is 50.0 Å². The van der Waals surface area contributed by atoms with Gasteiger partial charge in [-0.05, 0) is 57.8 Å². The Kier molecular flexibility index (Phi) is 35.2. The minimum atomic E-state index is -5.14. The molecule has 62 heavy (non-hydrogen) atoms. The Balaban J connectivity index is 2.33. The summed E-state index contributed by atoms with van der Waals surface area (Å²) < 4.78 is 22.7. The lowest BCUT2D eigenvalue weighted by Crippen LogP contribution is -2.64. The summed E-state index contributed by atoms with van der Waals surface area (Å²) in [5, 5.41) is 74.1. The highest BCUT2D eigenvalue weighted by atomic mass is 31.2. The number of phosphoric acid groups is 1. The summed E-state index contributed by atoms with van der Waals surface area (Å²) in [4.78, 5) is 23.3. The van der Waals surface area contributed by atoms with E-state index < -0.39 is 75.2 Å². The van der Waals surface area contributed by atoms with E-state index >= 15 is 0 Å². The Bertz CT molecular complexity index is 1250. The molecule has 0 heterocycles. The van der Waals surface area contributed by atoms with E-state index in [0.29, 0.717) is 12.8 Å². The van der Waals surface area contributed by atoms with Crippen LogP contribution in [0.15, 0.2) is 48.6 Å². The molecular formula is C48H88NO12P. The Morgan fingerprint density at radius 1 is 0.581 bits per heavy atom. The van der Waals surface area contributed by atoms with Gasteiger partial charge in [-0.25, -0.2) is 4.57 Å². The van der Waals surface area contributed by atoms with E-state index in [0.717, 1.165) is 57.8 Å². The summed E-state index contributed by atoms with van der Waals surface area (Å²) in [5.74, 6) is -0.611. The maximum atomic E-state index is 12.9. The van der Waals surface area contributed by atoms with Crippen molar-refractivity contribution in [2.75, 3.05) is 6.61 Å². The molecule has 362 valence electrons. The van der Waals surface area contributed by atoms with E-state index in [2.05, 4.69) is 49.5 Å². The molecule has 0 aromatic rings. The Morgan fingerprint density at radius 3 is 1.56 bits per heavy atom.